The fraction of sp³-hybridized carbons (Fsp3) is 0.320. The summed E-state index contributed by atoms with van der Waals surface area (Å²) in [6.07, 6.45) is 9.08. The van der Waals surface area contributed by atoms with Crippen LogP contribution in [0.3, 0.4) is 0 Å². The smallest absolute Gasteiger partial charge is 0.270 e. The molecule has 0 unspecified atom stereocenters. The lowest BCUT2D eigenvalue weighted by Crippen LogP contribution is -2.35. The molecule has 0 aromatic carbocycles. The van der Waals surface area contributed by atoms with E-state index in [1.54, 1.807) is 31.3 Å². The summed E-state index contributed by atoms with van der Waals surface area (Å²) in [5.41, 5.74) is 2.63. The molecular weight excluding hydrogens is 432 g/mol. The van der Waals surface area contributed by atoms with Gasteiger partial charge in [0.05, 0.1) is 12.2 Å². The minimum absolute atomic E-state index is 0.0676. The standard InChI is InChI=1S/C25H26N6O3/c1-17(32)29(13-18-5-4-6-18)14-19-8-9-22-27-20(16-30(22)15-19)12-26-25(34)21-11-24(33)31-10-3-2-7-23(31)28-21/h2-3,7-11,15-16,18H,4-6,12-14H2,1H3,(H,26,34). The number of aromatic nitrogens is 4. The number of hydrogen-bond donors (Lipinski definition) is 1. The number of rotatable bonds is 7. The van der Waals surface area contributed by atoms with Crippen molar-refractivity contribution in [2.24, 2.45) is 5.92 Å². The Hall–Kier alpha value is -4.01. The van der Waals surface area contributed by atoms with Gasteiger partial charge in [-0.3, -0.25) is 18.8 Å². The van der Waals surface area contributed by atoms with Crippen molar-refractivity contribution in [3.63, 3.8) is 0 Å². The molecule has 9 heteroatoms. The Morgan fingerprint density at radius 3 is 2.74 bits per heavy atom. The van der Waals surface area contributed by atoms with Crippen LogP contribution in [0.2, 0.25) is 0 Å². The molecule has 2 amide bonds. The van der Waals surface area contributed by atoms with Crippen molar-refractivity contribution in [3.05, 3.63) is 82.3 Å². The van der Waals surface area contributed by atoms with Crippen molar-refractivity contribution in [1.82, 2.24) is 29.0 Å². The first-order valence-electron chi connectivity index (χ1n) is 11.4. The third-order valence-corrected chi connectivity index (χ3v) is 6.32. The Bertz CT molecular complexity index is 1440. The lowest BCUT2D eigenvalue weighted by molar-refractivity contribution is -0.130. The van der Waals surface area contributed by atoms with E-state index in [9.17, 15) is 14.4 Å². The number of nitrogens with zero attached hydrogens (tertiary/aromatic N) is 5. The van der Waals surface area contributed by atoms with Crippen LogP contribution in [-0.2, 0) is 17.9 Å². The summed E-state index contributed by atoms with van der Waals surface area (Å²) < 4.78 is 3.29. The monoisotopic (exact) mass is 458 g/mol. The second-order valence-corrected chi connectivity index (χ2v) is 8.82. The van der Waals surface area contributed by atoms with Crippen LogP contribution in [0.15, 0.2) is 59.8 Å². The molecule has 1 saturated carbocycles. The van der Waals surface area contributed by atoms with Crippen molar-refractivity contribution in [1.29, 1.82) is 0 Å². The van der Waals surface area contributed by atoms with Crippen LogP contribution in [0.4, 0.5) is 0 Å². The average Bonchev–Trinajstić information content (AvgIpc) is 3.21. The topological polar surface area (TPSA) is 101 Å². The van der Waals surface area contributed by atoms with Gasteiger partial charge in [0.1, 0.15) is 17.0 Å². The van der Waals surface area contributed by atoms with Gasteiger partial charge in [0, 0.05) is 44.7 Å². The quantitative estimate of drug-likeness (QED) is 0.458. The van der Waals surface area contributed by atoms with Gasteiger partial charge >= 0.3 is 0 Å². The molecule has 9 nitrogen and oxygen atoms in total. The summed E-state index contributed by atoms with van der Waals surface area (Å²) in [7, 11) is 0. The molecule has 4 heterocycles. The molecule has 1 aliphatic rings. The van der Waals surface area contributed by atoms with Gasteiger partial charge in [0.2, 0.25) is 5.91 Å². The van der Waals surface area contributed by atoms with Gasteiger partial charge in [-0.05, 0) is 42.5 Å². The number of nitrogens with one attached hydrogen (secondary N) is 1. The van der Waals surface area contributed by atoms with E-state index in [-0.39, 0.29) is 23.7 Å². The predicted octanol–water partition coefficient (Wildman–Crippen LogP) is 2.42. The molecule has 1 fully saturated rings. The number of imidazole rings is 1. The zero-order chi connectivity index (χ0) is 23.7. The van der Waals surface area contributed by atoms with E-state index >= 15 is 0 Å². The highest BCUT2D eigenvalue weighted by Crippen LogP contribution is 2.27. The molecule has 0 aliphatic heterocycles. The highest BCUT2D eigenvalue weighted by Gasteiger charge is 2.22. The molecule has 34 heavy (non-hydrogen) atoms. The number of hydrogen-bond acceptors (Lipinski definition) is 5. The Morgan fingerprint density at radius 1 is 1.12 bits per heavy atom. The maximum absolute atomic E-state index is 12.6. The van der Waals surface area contributed by atoms with E-state index in [0.717, 1.165) is 17.8 Å². The van der Waals surface area contributed by atoms with Gasteiger partial charge in [0.25, 0.3) is 11.5 Å². The van der Waals surface area contributed by atoms with Crippen molar-refractivity contribution < 1.29 is 9.59 Å². The molecule has 1 aliphatic carbocycles. The second-order valence-electron chi connectivity index (χ2n) is 8.82. The van der Waals surface area contributed by atoms with Crippen LogP contribution in [0.1, 0.15) is 47.9 Å². The maximum Gasteiger partial charge on any atom is 0.270 e. The Kier molecular flexibility index (Phi) is 5.83. The Labute approximate surface area is 196 Å². The van der Waals surface area contributed by atoms with Crippen molar-refractivity contribution >= 4 is 23.1 Å². The Balaban J connectivity index is 1.27. The van der Waals surface area contributed by atoms with Crippen LogP contribution >= 0.6 is 0 Å². The number of pyridine rings is 2. The number of fused-ring (bicyclic) bond motifs is 2. The molecule has 0 radical (unpaired) electrons. The molecule has 0 spiro atoms. The first-order chi connectivity index (χ1) is 16.5. The lowest BCUT2D eigenvalue weighted by atomic mass is 9.85. The maximum atomic E-state index is 12.6. The van der Waals surface area contributed by atoms with E-state index in [0.29, 0.717) is 23.8 Å². The lowest BCUT2D eigenvalue weighted by Gasteiger charge is -2.32. The molecule has 174 valence electrons. The predicted molar refractivity (Wildman–Crippen MR) is 126 cm³/mol. The molecule has 5 rings (SSSR count). The summed E-state index contributed by atoms with van der Waals surface area (Å²) in [4.78, 5) is 47.6. The first kappa shape index (κ1) is 21.8. The second kappa shape index (κ2) is 9.09. The molecule has 0 bridgehead atoms. The van der Waals surface area contributed by atoms with E-state index in [4.69, 9.17) is 0 Å². The SMILES string of the molecule is CC(=O)N(Cc1ccc2nc(CNC(=O)c3cc(=O)n4ccccc4n3)cn2c1)CC1CCC1. The summed E-state index contributed by atoms with van der Waals surface area (Å²) in [6, 6.07) is 10.3. The highest BCUT2D eigenvalue weighted by molar-refractivity contribution is 5.92. The largest absolute Gasteiger partial charge is 0.345 e. The average molecular weight is 459 g/mol. The van der Waals surface area contributed by atoms with Crippen LogP contribution in [0.25, 0.3) is 11.3 Å². The number of carbonyl (C=O) groups is 2. The summed E-state index contributed by atoms with van der Waals surface area (Å²) in [5, 5.41) is 2.79. The highest BCUT2D eigenvalue weighted by atomic mass is 16.2. The molecule has 0 atom stereocenters. The summed E-state index contributed by atoms with van der Waals surface area (Å²) in [5.74, 6) is 0.265. The van der Waals surface area contributed by atoms with Gasteiger partial charge in [-0.2, -0.15) is 0 Å². The number of amides is 2. The number of carbonyl (C=O) groups excluding carboxylic acids is 2. The first-order valence-corrected chi connectivity index (χ1v) is 11.4. The summed E-state index contributed by atoms with van der Waals surface area (Å²) >= 11 is 0. The van der Waals surface area contributed by atoms with E-state index < -0.39 is 5.91 Å². The van der Waals surface area contributed by atoms with Gasteiger partial charge in [-0.1, -0.05) is 18.6 Å². The normalized spacial score (nSPS) is 13.7. The third kappa shape index (κ3) is 4.54. The zero-order valence-electron chi connectivity index (χ0n) is 19.0. The van der Waals surface area contributed by atoms with Crippen LogP contribution in [0, 0.1) is 5.92 Å². The Morgan fingerprint density at radius 2 is 1.97 bits per heavy atom. The zero-order valence-corrected chi connectivity index (χ0v) is 19.0. The van der Waals surface area contributed by atoms with E-state index in [1.165, 1.54) is 29.7 Å². The van der Waals surface area contributed by atoms with Crippen molar-refractivity contribution in [2.75, 3.05) is 6.54 Å². The van der Waals surface area contributed by atoms with Crippen LogP contribution in [0.5, 0.6) is 0 Å². The minimum atomic E-state index is -0.436. The fourth-order valence-corrected chi connectivity index (χ4v) is 4.21. The van der Waals surface area contributed by atoms with E-state index in [1.807, 2.05) is 33.8 Å². The summed E-state index contributed by atoms with van der Waals surface area (Å²) in [6.45, 7) is 3.19. The third-order valence-electron chi connectivity index (χ3n) is 6.32. The fourth-order valence-electron chi connectivity index (χ4n) is 4.21. The van der Waals surface area contributed by atoms with Crippen molar-refractivity contribution in [2.45, 2.75) is 39.3 Å². The van der Waals surface area contributed by atoms with Gasteiger partial charge in [-0.25, -0.2) is 9.97 Å². The molecule has 4 aromatic rings. The molecule has 1 N–H and O–H groups in total. The van der Waals surface area contributed by atoms with Gasteiger partial charge in [0.15, 0.2) is 0 Å². The van der Waals surface area contributed by atoms with Gasteiger partial charge in [-0.15, -0.1) is 0 Å². The van der Waals surface area contributed by atoms with Crippen LogP contribution in [-0.4, -0.2) is 42.0 Å². The van der Waals surface area contributed by atoms with Crippen LogP contribution < -0.4 is 10.9 Å². The minimum Gasteiger partial charge on any atom is -0.345 e. The molecule has 0 saturated heterocycles. The molecule has 4 aromatic heterocycles. The van der Waals surface area contributed by atoms with Gasteiger partial charge < -0.3 is 14.6 Å². The molecular formula is C25H26N6O3. The van der Waals surface area contributed by atoms with Crippen molar-refractivity contribution in [3.8, 4) is 0 Å². The van der Waals surface area contributed by atoms with E-state index in [2.05, 4.69) is 15.3 Å².